The first kappa shape index (κ1) is 29.2. The fraction of sp³-hybridized carbons (Fsp3) is 0.467. The molecule has 3 aromatic heterocycles. The fourth-order valence-corrected chi connectivity index (χ4v) is 6.39. The highest BCUT2D eigenvalue weighted by atomic mass is 19.4. The van der Waals surface area contributed by atoms with Crippen molar-refractivity contribution < 1.29 is 22.0 Å². The Bertz CT molecular complexity index is 1760. The van der Waals surface area contributed by atoms with Gasteiger partial charge in [-0.05, 0) is 42.2 Å². The molecule has 6 rings (SSSR count). The maximum atomic E-state index is 14.3. The Labute approximate surface area is 244 Å². The van der Waals surface area contributed by atoms with Gasteiger partial charge in [-0.1, -0.05) is 19.1 Å². The van der Waals surface area contributed by atoms with Crippen LogP contribution in [0.2, 0.25) is 0 Å². The van der Waals surface area contributed by atoms with E-state index in [0.29, 0.717) is 24.9 Å². The van der Waals surface area contributed by atoms with E-state index in [1.54, 1.807) is 30.4 Å². The third-order valence-electron chi connectivity index (χ3n) is 8.99. The predicted molar refractivity (Wildman–Crippen MR) is 151 cm³/mol. The van der Waals surface area contributed by atoms with E-state index in [1.807, 2.05) is 23.7 Å². The third-order valence-corrected chi connectivity index (χ3v) is 8.99. The van der Waals surface area contributed by atoms with E-state index in [2.05, 4.69) is 15.2 Å². The molecule has 1 saturated carbocycles. The standard InChI is InChI=1S/C30H32F5N7O/c1-19-14-40(8-7-29(19,31)32)15-20-9-24(30(33,34)35)25-17-41(27(43)42(25)16-20)23-6-4-5-21(10-23)28(11-22(12-28)36-2)13-26-38-37-18-39(26)3/h4-6,9-10,16-19H,7-8,11-15H2,1-3H3. The van der Waals surface area contributed by atoms with Crippen molar-refractivity contribution >= 4 is 11.2 Å². The molecular weight excluding hydrogens is 569 g/mol. The Morgan fingerprint density at radius 3 is 2.56 bits per heavy atom. The van der Waals surface area contributed by atoms with Gasteiger partial charge in [-0.2, -0.15) is 13.2 Å². The molecule has 13 heteroatoms. The van der Waals surface area contributed by atoms with E-state index in [1.165, 1.54) is 23.9 Å². The number of imidazole rings is 1. The van der Waals surface area contributed by atoms with Crippen molar-refractivity contribution in [1.82, 2.24) is 28.6 Å². The number of hydrogen-bond acceptors (Lipinski definition) is 5. The molecule has 8 nitrogen and oxygen atoms in total. The Balaban J connectivity index is 1.39. The molecule has 1 saturated heterocycles. The molecule has 4 aromatic rings. The van der Waals surface area contributed by atoms with Gasteiger partial charge in [0.05, 0.1) is 16.8 Å². The number of aliphatic imine (C=N–C) groups is 1. The number of nitrogens with zero attached hydrogens (tertiary/aromatic N) is 7. The third kappa shape index (κ3) is 5.28. The molecule has 228 valence electrons. The molecule has 1 aliphatic carbocycles. The molecule has 1 unspecified atom stereocenters. The highest BCUT2D eigenvalue weighted by Gasteiger charge is 2.44. The van der Waals surface area contributed by atoms with Crippen molar-refractivity contribution in [2.24, 2.45) is 18.0 Å². The van der Waals surface area contributed by atoms with Crippen LogP contribution in [0.4, 0.5) is 22.0 Å². The van der Waals surface area contributed by atoms with Crippen LogP contribution in [0.3, 0.4) is 0 Å². The summed E-state index contributed by atoms with van der Waals surface area (Å²) in [6, 6.07) is 8.30. The van der Waals surface area contributed by atoms with E-state index >= 15 is 0 Å². The SMILES string of the molecule is CN=C1CC(Cc2nncn2C)(c2cccc(-n3cc4c(C(F)(F)F)cc(CN5CCC(F)(F)C(C)C5)cn4c3=O)c2)C1. The zero-order chi connectivity index (χ0) is 30.7. The van der Waals surface area contributed by atoms with Crippen molar-refractivity contribution in [3.8, 4) is 5.69 Å². The average Bonchev–Trinajstić information content (AvgIpc) is 3.49. The number of rotatable bonds is 6. The molecule has 4 heterocycles. The minimum atomic E-state index is -4.73. The zero-order valence-electron chi connectivity index (χ0n) is 24.1. The van der Waals surface area contributed by atoms with Gasteiger partial charge in [0.25, 0.3) is 5.92 Å². The van der Waals surface area contributed by atoms with Crippen LogP contribution >= 0.6 is 0 Å². The lowest BCUT2D eigenvalue weighted by molar-refractivity contribution is -0.136. The van der Waals surface area contributed by atoms with Gasteiger partial charge in [0, 0.05) is 76.0 Å². The molecule has 1 atom stereocenters. The van der Waals surface area contributed by atoms with Crippen LogP contribution < -0.4 is 5.69 Å². The zero-order valence-corrected chi connectivity index (χ0v) is 24.1. The van der Waals surface area contributed by atoms with Crippen LogP contribution in [-0.4, -0.2) is 60.4 Å². The van der Waals surface area contributed by atoms with Crippen LogP contribution in [0.1, 0.15) is 48.7 Å². The van der Waals surface area contributed by atoms with E-state index in [-0.39, 0.29) is 42.6 Å². The highest BCUT2D eigenvalue weighted by Crippen LogP contribution is 2.45. The molecule has 43 heavy (non-hydrogen) atoms. The lowest BCUT2D eigenvalue weighted by Crippen LogP contribution is -2.45. The smallest absolute Gasteiger partial charge is 0.321 e. The summed E-state index contributed by atoms with van der Waals surface area (Å²) < 4.78 is 74.9. The van der Waals surface area contributed by atoms with Crippen LogP contribution in [0.5, 0.6) is 0 Å². The largest absolute Gasteiger partial charge is 0.418 e. The first-order chi connectivity index (χ1) is 20.3. The molecule has 1 aromatic carbocycles. The fourth-order valence-electron chi connectivity index (χ4n) is 6.39. The van der Waals surface area contributed by atoms with Gasteiger partial charge in [-0.15, -0.1) is 10.2 Å². The van der Waals surface area contributed by atoms with E-state index < -0.39 is 29.3 Å². The second-order valence-electron chi connectivity index (χ2n) is 12.0. The maximum Gasteiger partial charge on any atom is 0.418 e. The van der Waals surface area contributed by atoms with Crippen LogP contribution in [-0.2, 0) is 31.6 Å². The summed E-state index contributed by atoms with van der Waals surface area (Å²) >= 11 is 0. The number of alkyl halides is 5. The first-order valence-corrected chi connectivity index (χ1v) is 14.1. The molecule has 2 fully saturated rings. The van der Waals surface area contributed by atoms with Crippen LogP contribution in [0, 0.1) is 5.92 Å². The lowest BCUT2D eigenvalue weighted by atomic mass is 9.61. The topological polar surface area (TPSA) is 72.7 Å². The molecular formula is C30H32F5N7O. The Morgan fingerprint density at radius 1 is 1.14 bits per heavy atom. The number of likely N-dealkylation sites (tertiary alicyclic amines) is 1. The number of piperidine rings is 1. The summed E-state index contributed by atoms with van der Waals surface area (Å²) in [5.41, 5.74) is 0.424. The lowest BCUT2D eigenvalue weighted by Gasteiger charge is -2.43. The van der Waals surface area contributed by atoms with E-state index in [4.69, 9.17) is 0 Å². The summed E-state index contributed by atoms with van der Waals surface area (Å²) in [4.78, 5) is 19.7. The van der Waals surface area contributed by atoms with Gasteiger partial charge >= 0.3 is 11.9 Å². The predicted octanol–water partition coefficient (Wildman–Crippen LogP) is 5.06. The van der Waals surface area contributed by atoms with E-state index in [0.717, 1.165) is 27.6 Å². The minimum absolute atomic E-state index is 0.0262. The van der Waals surface area contributed by atoms with Gasteiger partial charge in [0.2, 0.25) is 0 Å². The van der Waals surface area contributed by atoms with Crippen molar-refractivity contribution in [2.45, 2.75) is 56.7 Å². The van der Waals surface area contributed by atoms with Gasteiger partial charge in [-0.3, -0.25) is 18.9 Å². The summed E-state index contributed by atoms with van der Waals surface area (Å²) in [7, 11) is 3.62. The van der Waals surface area contributed by atoms with Crippen LogP contribution in [0.15, 0.2) is 58.8 Å². The summed E-state index contributed by atoms with van der Waals surface area (Å²) in [6.45, 7) is 1.57. The van der Waals surface area contributed by atoms with Crippen molar-refractivity contribution in [2.75, 3.05) is 20.1 Å². The number of aromatic nitrogens is 5. The molecule has 0 radical (unpaired) electrons. The molecule has 0 N–H and O–H groups in total. The molecule has 0 bridgehead atoms. The van der Waals surface area contributed by atoms with Crippen molar-refractivity contribution in [1.29, 1.82) is 0 Å². The summed E-state index contributed by atoms with van der Waals surface area (Å²) in [5, 5.41) is 8.23. The molecule has 1 aliphatic heterocycles. The van der Waals surface area contributed by atoms with Crippen molar-refractivity contribution in [3.05, 3.63) is 82.1 Å². The number of hydrogen-bond donors (Lipinski definition) is 0. The monoisotopic (exact) mass is 601 g/mol. The molecule has 0 spiro atoms. The second kappa shape index (κ2) is 10.4. The maximum absolute atomic E-state index is 14.3. The molecule has 2 aliphatic rings. The quantitative estimate of drug-likeness (QED) is 0.290. The van der Waals surface area contributed by atoms with Gasteiger partial charge in [-0.25, -0.2) is 13.6 Å². The number of benzene rings is 1. The normalized spacial score (nSPS) is 22.6. The van der Waals surface area contributed by atoms with Gasteiger partial charge < -0.3 is 4.57 Å². The molecule has 0 amide bonds. The highest BCUT2D eigenvalue weighted by molar-refractivity contribution is 5.93. The number of aryl methyl sites for hydroxylation is 1. The number of pyridine rings is 1. The van der Waals surface area contributed by atoms with Gasteiger partial charge in [0.15, 0.2) is 0 Å². The first-order valence-electron chi connectivity index (χ1n) is 14.1. The Hall–Kier alpha value is -3.87. The van der Waals surface area contributed by atoms with Crippen LogP contribution in [0.25, 0.3) is 11.2 Å². The van der Waals surface area contributed by atoms with Crippen molar-refractivity contribution in [3.63, 3.8) is 0 Å². The second-order valence-corrected chi connectivity index (χ2v) is 12.0. The number of fused-ring (bicyclic) bond motifs is 1. The summed E-state index contributed by atoms with van der Waals surface area (Å²) in [6.07, 6.45) is 1.10. The Morgan fingerprint density at radius 2 is 1.91 bits per heavy atom. The Kier molecular flexibility index (Phi) is 7.06. The number of halogens is 5. The van der Waals surface area contributed by atoms with E-state index in [9.17, 15) is 26.7 Å². The minimum Gasteiger partial charge on any atom is -0.321 e. The summed E-state index contributed by atoms with van der Waals surface area (Å²) in [5.74, 6) is -2.94. The average molecular weight is 602 g/mol. The van der Waals surface area contributed by atoms with Gasteiger partial charge in [0.1, 0.15) is 12.2 Å².